The Morgan fingerprint density at radius 2 is 2.09 bits per heavy atom. The first-order valence-electron chi connectivity index (χ1n) is 6.75. The molecule has 0 saturated heterocycles. The summed E-state index contributed by atoms with van der Waals surface area (Å²) in [7, 11) is 0. The second-order valence-electron chi connectivity index (χ2n) is 4.78. The minimum absolute atomic E-state index is 0.230. The van der Waals surface area contributed by atoms with Gasteiger partial charge in [0.05, 0.1) is 16.7 Å². The van der Waals surface area contributed by atoms with Crippen molar-refractivity contribution in [2.45, 2.75) is 6.61 Å². The van der Waals surface area contributed by atoms with Crippen molar-refractivity contribution in [3.63, 3.8) is 0 Å². The highest BCUT2D eigenvalue weighted by Crippen LogP contribution is 2.40. The number of hydrogen-bond acceptors (Lipinski definition) is 3. The lowest BCUT2D eigenvalue weighted by atomic mass is 10.2. The van der Waals surface area contributed by atoms with Gasteiger partial charge in [-0.15, -0.1) is 0 Å². The lowest BCUT2D eigenvalue weighted by Crippen LogP contribution is -2.38. The molecule has 0 unspecified atom stereocenters. The largest absolute Gasteiger partial charge is 0.488 e. The van der Waals surface area contributed by atoms with Crippen molar-refractivity contribution in [2.75, 3.05) is 18.1 Å². The monoisotopic (exact) mass is 381 g/mol. The fraction of sp³-hybridized carbons (Fsp3) is 0.188. The maximum Gasteiger partial charge on any atom is 0.414 e. The molecular formula is C16H13BrClNO3. The van der Waals surface area contributed by atoms with Crippen LogP contribution in [-0.4, -0.2) is 19.2 Å². The standard InChI is InChI=1S/C16H13BrClNO3/c17-13-8-12(18)9-14-15(13)21-7-6-19(14)16(20)22-10-11-4-2-1-3-5-11/h1-5,8-9H,6-7,10H2. The molecule has 1 aliphatic heterocycles. The third-order valence-corrected chi connectivity index (χ3v) is 4.07. The molecule has 22 heavy (non-hydrogen) atoms. The highest BCUT2D eigenvalue weighted by molar-refractivity contribution is 9.10. The van der Waals surface area contributed by atoms with E-state index >= 15 is 0 Å². The van der Waals surface area contributed by atoms with Crippen LogP contribution in [0.15, 0.2) is 46.9 Å². The topological polar surface area (TPSA) is 38.8 Å². The molecule has 1 heterocycles. The number of fused-ring (bicyclic) bond motifs is 1. The van der Waals surface area contributed by atoms with Gasteiger partial charge in [0.25, 0.3) is 0 Å². The van der Waals surface area contributed by atoms with Gasteiger partial charge in [0.2, 0.25) is 0 Å². The number of halogens is 2. The predicted molar refractivity (Wildman–Crippen MR) is 88.6 cm³/mol. The summed E-state index contributed by atoms with van der Waals surface area (Å²) in [4.78, 5) is 13.9. The lowest BCUT2D eigenvalue weighted by Gasteiger charge is -2.29. The molecule has 0 spiro atoms. The molecule has 114 valence electrons. The average Bonchev–Trinajstić information content (AvgIpc) is 2.53. The van der Waals surface area contributed by atoms with Crippen LogP contribution in [0.1, 0.15) is 5.56 Å². The molecule has 0 atom stereocenters. The number of nitrogens with zero attached hydrogens (tertiary/aromatic N) is 1. The molecule has 6 heteroatoms. The summed E-state index contributed by atoms with van der Waals surface area (Å²) in [5, 5.41) is 0.525. The molecule has 0 aromatic heterocycles. The second kappa shape index (κ2) is 6.58. The molecule has 1 aliphatic rings. The third kappa shape index (κ3) is 3.20. The van der Waals surface area contributed by atoms with E-state index < -0.39 is 6.09 Å². The maximum atomic E-state index is 12.3. The summed E-state index contributed by atoms with van der Waals surface area (Å²) in [5.74, 6) is 0.604. The van der Waals surface area contributed by atoms with Crippen LogP contribution in [0.3, 0.4) is 0 Å². The Kier molecular flexibility index (Phi) is 4.55. The molecule has 0 saturated carbocycles. The van der Waals surface area contributed by atoms with Crippen molar-refractivity contribution in [1.29, 1.82) is 0 Å². The molecule has 0 aliphatic carbocycles. The zero-order valence-corrected chi connectivity index (χ0v) is 13.9. The SMILES string of the molecule is O=C(OCc1ccccc1)N1CCOc2c(Br)cc(Cl)cc21. The highest BCUT2D eigenvalue weighted by Gasteiger charge is 2.27. The minimum atomic E-state index is -0.414. The first-order valence-corrected chi connectivity index (χ1v) is 7.92. The van der Waals surface area contributed by atoms with Crippen LogP contribution in [0.4, 0.5) is 10.5 Å². The van der Waals surface area contributed by atoms with E-state index in [9.17, 15) is 4.79 Å². The molecule has 3 rings (SSSR count). The number of benzene rings is 2. The zero-order valence-electron chi connectivity index (χ0n) is 11.6. The van der Waals surface area contributed by atoms with Gasteiger partial charge in [-0.3, -0.25) is 4.90 Å². The van der Waals surface area contributed by atoms with Gasteiger partial charge in [0.1, 0.15) is 13.2 Å². The Hall–Kier alpha value is -1.72. The Balaban J connectivity index is 1.77. The Labute approximate surface area is 141 Å². The summed E-state index contributed by atoms with van der Waals surface area (Å²) in [6.07, 6.45) is -0.414. The first kappa shape index (κ1) is 15.2. The molecule has 0 N–H and O–H groups in total. The fourth-order valence-electron chi connectivity index (χ4n) is 2.24. The van der Waals surface area contributed by atoms with Gasteiger partial charge in [-0.05, 0) is 33.6 Å². The number of ether oxygens (including phenoxy) is 2. The summed E-state index contributed by atoms with van der Waals surface area (Å²) in [6.45, 7) is 1.06. The Morgan fingerprint density at radius 1 is 1.32 bits per heavy atom. The van der Waals surface area contributed by atoms with Gasteiger partial charge in [-0.25, -0.2) is 4.79 Å². The summed E-state index contributed by atoms with van der Waals surface area (Å²) < 4.78 is 11.7. The molecule has 1 amide bonds. The quantitative estimate of drug-likeness (QED) is 0.759. The number of hydrogen-bond donors (Lipinski definition) is 0. The van der Waals surface area contributed by atoms with E-state index in [0.717, 1.165) is 10.0 Å². The van der Waals surface area contributed by atoms with Gasteiger partial charge < -0.3 is 9.47 Å². The van der Waals surface area contributed by atoms with Crippen molar-refractivity contribution in [3.05, 3.63) is 57.5 Å². The molecule has 0 fully saturated rings. The fourth-order valence-corrected chi connectivity index (χ4v) is 3.14. The van der Waals surface area contributed by atoms with Crippen molar-refractivity contribution >= 4 is 39.3 Å². The first-order chi connectivity index (χ1) is 10.6. The summed E-state index contributed by atoms with van der Waals surface area (Å²) in [5.41, 5.74) is 1.56. The van der Waals surface area contributed by atoms with E-state index in [1.54, 1.807) is 17.0 Å². The molecule has 2 aromatic carbocycles. The normalized spacial score (nSPS) is 13.3. The third-order valence-electron chi connectivity index (χ3n) is 3.27. The summed E-state index contributed by atoms with van der Waals surface area (Å²) in [6, 6.07) is 13.0. The van der Waals surface area contributed by atoms with Gasteiger partial charge in [0, 0.05) is 5.02 Å². The number of carbonyl (C=O) groups excluding carboxylic acids is 1. The van der Waals surface area contributed by atoms with Crippen molar-refractivity contribution in [1.82, 2.24) is 0 Å². The number of carbonyl (C=O) groups is 1. The van der Waals surface area contributed by atoms with Crippen LogP contribution in [0, 0.1) is 0 Å². The maximum absolute atomic E-state index is 12.3. The van der Waals surface area contributed by atoms with E-state index in [2.05, 4.69) is 15.9 Å². The van der Waals surface area contributed by atoms with Crippen LogP contribution in [0.5, 0.6) is 5.75 Å². The van der Waals surface area contributed by atoms with Crippen LogP contribution >= 0.6 is 27.5 Å². The number of anilines is 1. The van der Waals surface area contributed by atoms with E-state index in [4.69, 9.17) is 21.1 Å². The Morgan fingerprint density at radius 3 is 2.86 bits per heavy atom. The van der Waals surface area contributed by atoms with Crippen LogP contribution in [0.2, 0.25) is 5.02 Å². The van der Waals surface area contributed by atoms with Gasteiger partial charge >= 0.3 is 6.09 Å². The van der Waals surface area contributed by atoms with E-state index in [0.29, 0.717) is 29.6 Å². The van der Waals surface area contributed by atoms with Gasteiger partial charge in [0.15, 0.2) is 5.75 Å². The molecule has 0 radical (unpaired) electrons. The van der Waals surface area contributed by atoms with Crippen LogP contribution in [0.25, 0.3) is 0 Å². The molecular weight excluding hydrogens is 370 g/mol. The molecule has 0 bridgehead atoms. The number of amides is 1. The lowest BCUT2D eigenvalue weighted by molar-refractivity contribution is 0.144. The zero-order chi connectivity index (χ0) is 15.5. The van der Waals surface area contributed by atoms with E-state index in [1.165, 1.54) is 0 Å². The molecule has 2 aromatic rings. The van der Waals surface area contributed by atoms with Crippen LogP contribution in [-0.2, 0) is 11.3 Å². The number of rotatable bonds is 2. The van der Waals surface area contributed by atoms with E-state index in [1.807, 2.05) is 30.3 Å². The van der Waals surface area contributed by atoms with E-state index in [-0.39, 0.29) is 6.61 Å². The predicted octanol–water partition coefficient (Wildman–Crippen LogP) is 4.64. The summed E-state index contributed by atoms with van der Waals surface area (Å²) >= 11 is 9.46. The van der Waals surface area contributed by atoms with Crippen molar-refractivity contribution < 1.29 is 14.3 Å². The van der Waals surface area contributed by atoms with Gasteiger partial charge in [-0.2, -0.15) is 0 Å². The van der Waals surface area contributed by atoms with Crippen molar-refractivity contribution in [3.8, 4) is 5.75 Å². The Bertz CT molecular complexity index is 693. The average molecular weight is 383 g/mol. The smallest absolute Gasteiger partial charge is 0.414 e. The highest BCUT2D eigenvalue weighted by atomic mass is 79.9. The molecule has 4 nitrogen and oxygen atoms in total. The van der Waals surface area contributed by atoms with Crippen LogP contribution < -0.4 is 9.64 Å². The minimum Gasteiger partial charge on any atom is -0.488 e. The second-order valence-corrected chi connectivity index (χ2v) is 6.07. The van der Waals surface area contributed by atoms with Gasteiger partial charge in [-0.1, -0.05) is 41.9 Å². The van der Waals surface area contributed by atoms with Crippen molar-refractivity contribution in [2.24, 2.45) is 0 Å².